The van der Waals surface area contributed by atoms with Crippen LogP contribution in [0.3, 0.4) is 0 Å². The van der Waals surface area contributed by atoms with E-state index in [0.29, 0.717) is 5.69 Å². The van der Waals surface area contributed by atoms with E-state index in [-0.39, 0.29) is 16.6 Å². The van der Waals surface area contributed by atoms with Gasteiger partial charge in [-0.05, 0) is 23.8 Å². The normalized spacial score (nSPS) is 11.4. The molecule has 0 radical (unpaired) electrons. The highest BCUT2D eigenvalue weighted by molar-refractivity contribution is 6.34. The first-order chi connectivity index (χ1) is 13.0. The monoisotopic (exact) mass is 381 g/mol. The maximum absolute atomic E-state index is 12.9. The summed E-state index contributed by atoms with van der Waals surface area (Å²) in [6, 6.07) is 21.9. The van der Waals surface area contributed by atoms with E-state index in [1.54, 1.807) is 0 Å². The molecule has 0 unspecified atom stereocenters. The highest BCUT2D eigenvalue weighted by atomic mass is 35.5. The Bertz CT molecular complexity index is 949. The van der Waals surface area contributed by atoms with Crippen LogP contribution in [0.2, 0.25) is 5.02 Å². The van der Waals surface area contributed by atoms with E-state index in [2.05, 4.69) is 10.6 Å². The number of carbonyl (C=O) groups is 1. The summed E-state index contributed by atoms with van der Waals surface area (Å²) in [6.45, 7) is 0. The van der Waals surface area contributed by atoms with Crippen molar-refractivity contribution in [1.82, 2.24) is 0 Å². The van der Waals surface area contributed by atoms with Gasteiger partial charge in [0, 0.05) is 17.8 Å². The van der Waals surface area contributed by atoms with Gasteiger partial charge in [-0.15, -0.1) is 0 Å². The van der Waals surface area contributed by atoms with E-state index in [0.717, 1.165) is 11.3 Å². The summed E-state index contributed by atoms with van der Waals surface area (Å²) in [5, 5.41) is 16.9. The standard InChI is InChI=1S/C20H16ClN3O3/c21-17-13-16(24(26)27)11-12-18(17)23-20(25)19(14-7-3-1-4-8-14)22-15-9-5-2-6-10-15/h1-13,19,22H,(H,23,25)/t19-/m1/s1. The van der Waals surface area contributed by atoms with Gasteiger partial charge in [0.25, 0.3) is 11.6 Å². The van der Waals surface area contributed by atoms with Gasteiger partial charge in [-0.1, -0.05) is 60.1 Å². The third-order valence-electron chi connectivity index (χ3n) is 3.90. The molecule has 1 atom stereocenters. The minimum atomic E-state index is -0.667. The Morgan fingerprint density at radius 1 is 0.963 bits per heavy atom. The molecular weight excluding hydrogens is 366 g/mol. The quantitative estimate of drug-likeness (QED) is 0.462. The third-order valence-corrected chi connectivity index (χ3v) is 4.21. The second-order valence-corrected chi connectivity index (χ2v) is 6.17. The molecule has 0 aliphatic heterocycles. The maximum Gasteiger partial charge on any atom is 0.271 e. The van der Waals surface area contributed by atoms with Crippen LogP contribution in [0.4, 0.5) is 17.1 Å². The van der Waals surface area contributed by atoms with Crippen LogP contribution in [0, 0.1) is 10.1 Å². The van der Waals surface area contributed by atoms with E-state index in [1.807, 2.05) is 60.7 Å². The number of rotatable bonds is 6. The average Bonchev–Trinajstić information content (AvgIpc) is 2.69. The summed E-state index contributed by atoms with van der Waals surface area (Å²) in [5.74, 6) is -0.333. The van der Waals surface area contributed by atoms with Crippen molar-refractivity contribution in [2.24, 2.45) is 0 Å². The Morgan fingerprint density at radius 2 is 1.59 bits per heavy atom. The topological polar surface area (TPSA) is 84.3 Å². The number of anilines is 2. The zero-order valence-electron chi connectivity index (χ0n) is 14.1. The van der Waals surface area contributed by atoms with Gasteiger partial charge in [0.05, 0.1) is 15.6 Å². The molecule has 0 fully saturated rings. The Balaban J connectivity index is 1.86. The van der Waals surface area contributed by atoms with Crippen molar-refractivity contribution in [3.05, 3.63) is 99.6 Å². The van der Waals surface area contributed by atoms with Gasteiger partial charge in [0.2, 0.25) is 0 Å². The lowest BCUT2D eigenvalue weighted by Crippen LogP contribution is -2.27. The lowest BCUT2D eigenvalue weighted by Gasteiger charge is -2.20. The molecule has 0 aliphatic rings. The molecule has 3 rings (SSSR count). The number of para-hydroxylation sites is 1. The summed E-state index contributed by atoms with van der Waals surface area (Å²) >= 11 is 6.09. The van der Waals surface area contributed by atoms with Crippen molar-refractivity contribution in [3.63, 3.8) is 0 Å². The number of hydrogen-bond donors (Lipinski definition) is 2. The maximum atomic E-state index is 12.9. The molecule has 0 bridgehead atoms. The number of nitrogens with one attached hydrogen (secondary N) is 2. The molecular formula is C20H16ClN3O3. The summed E-state index contributed by atoms with van der Waals surface area (Å²) in [4.78, 5) is 23.2. The molecule has 0 aromatic heterocycles. The molecule has 27 heavy (non-hydrogen) atoms. The predicted molar refractivity (Wildman–Crippen MR) is 106 cm³/mol. The Labute approximate surface area is 160 Å². The number of nitro groups is 1. The van der Waals surface area contributed by atoms with Crippen LogP contribution < -0.4 is 10.6 Å². The number of amides is 1. The van der Waals surface area contributed by atoms with Crippen molar-refractivity contribution < 1.29 is 9.72 Å². The van der Waals surface area contributed by atoms with Crippen LogP contribution in [-0.2, 0) is 4.79 Å². The van der Waals surface area contributed by atoms with Gasteiger partial charge in [0.15, 0.2) is 0 Å². The number of carbonyl (C=O) groups excluding carboxylic acids is 1. The molecule has 6 nitrogen and oxygen atoms in total. The molecule has 1 amide bonds. The van der Waals surface area contributed by atoms with Gasteiger partial charge < -0.3 is 10.6 Å². The number of hydrogen-bond acceptors (Lipinski definition) is 4. The van der Waals surface area contributed by atoms with Crippen LogP contribution >= 0.6 is 11.6 Å². The summed E-state index contributed by atoms with van der Waals surface area (Å²) < 4.78 is 0. The van der Waals surface area contributed by atoms with Crippen LogP contribution in [0.25, 0.3) is 0 Å². The number of nitro benzene ring substituents is 1. The van der Waals surface area contributed by atoms with Crippen LogP contribution in [-0.4, -0.2) is 10.8 Å². The van der Waals surface area contributed by atoms with E-state index >= 15 is 0 Å². The lowest BCUT2D eigenvalue weighted by atomic mass is 10.1. The molecule has 7 heteroatoms. The second kappa shape index (κ2) is 8.33. The fourth-order valence-corrected chi connectivity index (χ4v) is 2.79. The van der Waals surface area contributed by atoms with Gasteiger partial charge in [0.1, 0.15) is 6.04 Å². The van der Waals surface area contributed by atoms with Crippen molar-refractivity contribution >= 4 is 34.6 Å². The Morgan fingerprint density at radius 3 is 2.19 bits per heavy atom. The smallest absolute Gasteiger partial charge is 0.271 e. The Kier molecular flexibility index (Phi) is 5.68. The Hall–Kier alpha value is -3.38. The van der Waals surface area contributed by atoms with Crippen molar-refractivity contribution in [3.8, 4) is 0 Å². The summed E-state index contributed by atoms with van der Waals surface area (Å²) in [5.41, 5.74) is 1.73. The van der Waals surface area contributed by atoms with Gasteiger partial charge in [-0.2, -0.15) is 0 Å². The van der Waals surface area contributed by atoms with E-state index in [1.165, 1.54) is 18.2 Å². The number of nitrogens with zero attached hydrogens (tertiary/aromatic N) is 1. The lowest BCUT2D eigenvalue weighted by molar-refractivity contribution is -0.384. The minimum absolute atomic E-state index is 0.101. The molecule has 0 aliphatic carbocycles. The molecule has 2 N–H and O–H groups in total. The first-order valence-electron chi connectivity index (χ1n) is 8.16. The first-order valence-corrected chi connectivity index (χ1v) is 8.54. The summed E-state index contributed by atoms with van der Waals surface area (Å²) in [6.07, 6.45) is 0. The highest BCUT2D eigenvalue weighted by Crippen LogP contribution is 2.28. The second-order valence-electron chi connectivity index (χ2n) is 5.76. The van der Waals surface area contributed by atoms with Crippen LogP contribution in [0.1, 0.15) is 11.6 Å². The molecule has 3 aromatic rings. The van der Waals surface area contributed by atoms with Crippen molar-refractivity contribution in [2.45, 2.75) is 6.04 Å². The van der Waals surface area contributed by atoms with E-state index in [4.69, 9.17) is 11.6 Å². The third kappa shape index (κ3) is 4.62. The van der Waals surface area contributed by atoms with Crippen LogP contribution in [0.5, 0.6) is 0 Å². The molecule has 0 heterocycles. The van der Waals surface area contributed by atoms with Gasteiger partial charge in [-0.25, -0.2) is 0 Å². The fraction of sp³-hybridized carbons (Fsp3) is 0.0500. The number of benzene rings is 3. The van der Waals surface area contributed by atoms with Gasteiger partial charge in [-0.3, -0.25) is 14.9 Å². The van der Waals surface area contributed by atoms with Crippen molar-refractivity contribution in [2.75, 3.05) is 10.6 Å². The molecule has 0 saturated carbocycles. The zero-order valence-corrected chi connectivity index (χ0v) is 14.9. The average molecular weight is 382 g/mol. The summed E-state index contributed by atoms with van der Waals surface area (Å²) in [7, 11) is 0. The predicted octanol–water partition coefficient (Wildman–Crippen LogP) is 5.04. The molecule has 0 spiro atoms. The first kappa shape index (κ1) is 18.4. The molecule has 0 saturated heterocycles. The molecule has 3 aromatic carbocycles. The fourth-order valence-electron chi connectivity index (χ4n) is 2.57. The zero-order chi connectivity index (χ0) is 19.2. The van der Waals surface area contributed by atoms with Crippen molar-refractivity contribution in [1.29, 1.82) is 0 Å². The van der Waals surface area contributed by atoms with E-state index < -0.39 is 11.0 Å². The van der Waals surface area contributed by atoms with Crippen LogP contribution in [0.15, 0.2) is 78.9 Å². The van der Waals surface area contributed by atoms with Gasteiger partial charge >= 0.3 is 0 Å². The highest BCUT2D eigenvalue weighted by Gasteiger charge is 2.22. The number of halogens is 1. The van der Waals surface area contributed by atoms with E-state index in [9.17, 15) is 14.9 Å². The number of non-ortho nitro benzene ring substituents is 1. The molecule has 136 valence electrons. The largest absolute Gasteiger partial charge is 0.370 e. The SMILES string of the molecule is O=C(Nc1ccc([N+](=O)[O-])cc1Cl)[C@H](Nc1ccccc1)c1ccccc1. The minimum Gasteiger partial charge on any atom is -0.370 e.